The normalized spacial score (nSPS) is 22.6. The summed E-state index contributed by atoms with van der Waals surface area (Å²) in [4.78, 5) is 2.90. The summed E-state index contributed by atoms with van der Waals surface area (Å²) in [5.74, 6) is 0. The highest BCUT2D eigenvalue weighted by molar-refractivity contribution is 8.36. The van der Waals surface area contributed by atoms with Crippen LogP contribution in [0.25, 0.3) is 5.57 Å². The lowest BCUT2D eigenvalue weighted by Crippen LogP contribution is -2.31. The smallest absolute Gasteiger partial charge is 0.204 e. The molecule has 2 aromatic rings. The van der Waals surface area contributed by atoms with Gasteiger partial charge >= 0.3 is 0 Å². The molecule has 0 radical (unpaired) electrons. The number of nitrogens with zero attached hydrogens (tertiary/aromatic N) is 1. The molecule has 0 amide bonds. The Morgan fingerprint density at radius 2 is 1.90 bits per heavy atom. The van der Waals surface area contributed by atoms with E-state index in [1.165, 1.54) is 48.2 Å². The second-order valence-electron chi connectivity index (χ2n) is 8.76. The average molecular weight is 406 g/mol. The van der Waals surface area contributed by atoms with Crippen molar-refractivity contribution in [3.63, 3.8) is 0 Å². The van der Waals surface area contributed by atoms with Crippen LogP contribution in [0, 0.1) is 6.92 Å². The zero-order valence-electron chi connectivity index (χ0n) is 18.5. The summed E-state index contributed by atoms with van der Waals surface area (Å²) in [6.07, 6.45) is 10.6. The van der Waals surface area contributed by atoms with Gasteiger partial charge in [-0.05, 0) is 71.7 Å². The molecule has 152 valence electrons. The molecule has 0 spiro atoms. The Labute approximate surface area is 176 Å². The van der Waals surface area contributed by atoms with Crippen molar-refractivity contribution in [1.82, 2.24) is 4.58 Å². The summed E-state index contributed by atoms with van der Waals surface area (Å²) in [6, 6.07) is 13.8. The number of likely N-dealkylation sites (N-methyl/N-ethyl adjacent to an activating group) is 1. The summed E-state index contributed by atoms with van der Waals surface area (Å²) in [5, 5.41) is 2.82. The first-order valence-corrected chi connectivity index (χ1v) is 12.9. The van der Waals surface area contributed by atoms with Crippen LogP contribution in [0.5, 0.6) is 0 Å². The molecule has 2 heterocycles. The van der Waals surface area contributed by atoms with E-state index in [1.54, 1.807) is 0 Å². The molecule has 2 nitrogen and oxygen atoms in total. The molecule has 0 bridgehead atoms. The summed E-state index contributed by atoms with van der Waals surface area (Å²) < 4.78 is 2.40. The van der Waals surface area contributed by atoms with Gasteiger partial charge in [0.15, 0.2) is 0 Å². The van der Waals surface area contributed by atoms with Gasteiger partial charge in [-0.15, -0.1) is 0 Å². The zero-order valence-corrected chi connectivity index (χ0v) is 19.4. The molecule has 0 fully saturated rings. The van der Waals surface area contributed by atoms with Crippen LogP contribution in [0.3, 0.4) is 0 Å². The van der Waals surface area contributed by atoms with Gasteiger partial charge in [0, 0.05) is 29.0 Å². The van der Waals surface area contributed by atoms with Crippen molar-refractivity contribution >= 4 is 15.6 Å². The van der Waals surface area contributed by atoms with Gasteiger partial charge in [-0.1, -0.05) is 36.4 Å². The fourth-order valence-electron chi connectivity index (χ4n) is 4.79. The summed E-state index contributed by atoms with van der Waals surface area (Å²) >= 11 is 0. The van der Waals surface area contributed by atoms with Crippen molar-refractivity contribution in [2.75, 3.05) is 26.1 Å². The van der Waals surface area contributed by atoms with Gasteiger partial charge in [-0.3, -0.25) is 0 Å². The molecular weight excluding hydrogens is 372 g/mol. The lowest BCUT2D eigenvalue weighted by atomic mass is 9.90. The molecule has 0 aromatic heterocycles. The van der Waals surface area contributed by atoms with Crippen molar-refractivity contribution in [2.24, 2.45) is 5.73 Å². The molecule has 1 atom stereocenters. The molecule has 4 rings (SSSR count). The van der Waals surface area contributed by atoms with E-state index in [1.807, 2.05) is 0 Å². The lowest BCUT2D eigenvalue weighted by molar-refractivity contribution is 0.719. The number of fused-ring (bicyclic) bond motifs is 2. The fraction of sp³-hybridized carbons (Fsp3) is 0.346. The third-order valence-electron chi connectivity index (χ3n) is 6.33. The third-order valence-corrected chi connectivity index (χ3v) is 9.22. The van der Waals surface area contributed by atoms with Crippen LogP contribution in [0.2, 0.25) is 0 Å². The second-order valence-corrected chi connectivity index (χ2v) is 12.3. The molecule has 2 N–H and O–H groups in total. The maximum Gasteiger partial charge on any atom is 0.204 e. The van der Waals surface area contributed by atoms with Gasteiger partial charge < -0.3 is 5.73 Å². The van der Waals surface area contributed by atoms with E-state index < -0.39 is 10.0 Å². The zero-order chi connectivity index (χ0) is 20.9. The van der Waals surface area contributed by atoms with E-state index in [4.69, 9.17) is 5.73 Å². The highest BCUT2D eigenvalue weighted by Crippen LogP contribution is 2.61. The maximum atomic E-state index is 6.30. The van der Waals surface area contributed by atoms with Crippen molar-refractivity contribution in [2.45, 2.75) is 38.1 Å². The molecule has 2 aromatic carbocycles. The number of rotatable bonds is 2. The Morgan fingerprint density at radius 1 is 1.17 bits per heavy atom. The van der Waals surface area contributed by atoms with Crippen LogP contribution in [-0.2, 0) is 6.42 Å². The minimum absolute atomic E-state index is 0.0310. The number of aryl methyl sites for hydroxylation is 1. The minimum atomic E-state index is -1.17. The topological polar surface area (TPSA) is 29.0 Å². The van der Waals surface area contributed by atoms with Crippen LogP contribution >= 0.6 is 10.0 Å². The number of benzene rings is 2. The van der Waals surface area contributed by atoms with Crippen molar-refractivity contribution in [3.05, 3.63) is 86.3 Å². The minimum Gasteiger partial charge on any atom is -0.325 e. The monoisotopic (exact) mass is 405 g/mol. The SMILES string of the molecule is C/C=C1/C(c2ccccc2C)=c2cc3c(cc2S(C)(C)/C1=C/C(C)N)=[N+](C)CC3. The first-order valence-electron chi connectivity index (χ1n) is 10.4. The summed E-state index contributed by atoms with van der Waals surface area (Å²) in [7, 11) is 1.04. The Kier molecular flexibility index (Phi) is 5.08. The first-order chi connectivity index (χ1) is 13.8. The van der Waals surface area contributed by atoms with Gasteiger partial charge in [-0.25, -0.2) is 4.58 Å². The predicted octanol–water partition coefficient (Wildman–Crippen LogP) is 3.49. The number of hydrogen-bond acceptors (Lipinski definition) is 1. The van der Waals surface area contributed by atoms with Crippen molar-refractivity contribution < 1.29 is 0 Å². The Balaban J connectivity index is 2.23. The van der Waals surface area contributed by atoms with Crippen LogP contribution in [0.15, 0.2) is 63.9 Å². The molecule has 0 saturated heterocycles. The van der Waals surface area contributed by atoms with Crippen LogP contribution in [-0.4, -0.2) is 32.1 Å². The average Bonchev–Trinajstić information content (AvgIpc) is 3.03. The quantitative estimate of drug-likeness (QED) is 0.762. The second kappa shape index (κ2) is 7.30. The van der Waals surface area contributed by atoms with E-state index in [0.29, 0.717) is 0 Å². The van der Waals surface area contributed by atoms with Crippen LogP contribution in [0.4, 0.5) is 0 Å². The van der Waals surface area contributed by atoms with E-state index in [2.05, 4.69) is 93.5 Å². The third kappa shape index (κ3) is 3.21. The van der Waals surface area contributed by atoms with E-state index in [-0.39, 0.29) is 6.04 Å². The standard InChI is InChI=1S/C26H33N2S/c1-7-20-24(14-18(3)27)29(5,6)25-16-23-19(12-13-28(23)4)15-22(25)26(20)21-11-9-8-10-17(21)2/h7-11,14-16,18H,12-13,27H2,1-6H3/q+1/b20-7+,24-14+. The van der Waals surface area contributed by atoms with Gasteiger partial charge in [0.05, 0.1) is 0 Å². The molecule has 0 saturated carbocycles. The van der Waals surface area contributed by atoms with Gasteiger partial charge in [-0.2, -0.15) is 10.0 Å². The molecule has 29 heavy (non-hydrogen) atoms. The molecule has 0 aliphatic carbocycles. The van der Waals surface area contributed by atoms with Crippen LogP contribution in [0.1, 0.15) is 30.5 Å². The van der Waals surface area contributed by atoms with Gasteiger partial charge in [0.1, 0.15) is 13.6 Å². The Morgan fingerprint density at radius 3 is 2.55 bits per heavy atom. The summed E-state index contributed by atoms with van der Waals surface area (Å²) in [6.45, 7) is 7.57. The number of hydrogen-bond donors (Lipinski definition) is 1. The van der Waals surface area contributed by atoms with Gasteiger partial charge in [0.2, 0.25) is 5.36 Å². The van der Waals surface area contributed by atoms with E-state index in [9.17, 15) is 0 Å². The maximum absolute atomic E-state index is 6.30. The Hall–Kier alpha value is -2.10. The molecule has 2 aliphatic heterocycles. The van der Waals surface area contributed by atoms with Gasteiger partial charge in [0.25, 0.3) is 0 Å². The van der Waals surface area contributed by atoms with Crippen molar-refractivity contribution in [3.8, 4) is 0 Å². The molecule has 3 heteroatoms. The van der Waals surface area contributed by atoms with E-state index >= 15 is 0 Å². The van der Waals surface area contributed by atoms with E-state index in [0.717, 1.165) is 13.0 Å². The lowest BCUT2D eigenvalue weighted by Gasteiger charge is -2.41. The molecule has 1 unspecified atom stereocenters. The summed E-state index contributed by atoms with van der Waals surface area (Å²) in [5.41, 5.74) is 13.2. The number of nitrogens with two attached hydrogens (primary N) is 1. The Bertz CT molecular complexity index is 1180. The fourth-order valence-corrected chi connectivity index (χ4v) is 7.46. The number of allylic oxidation sites excluding steroid dienone is 2. The highest BCUT2D eigenvalue weighted by atomic mass is 32.3. The highest BCUT2D eigenvalue weighted by Gasteiger charge is 2.34. The first kappa shape index (κ1) is 20.2. The van der Waals surface area contributed by atoms with Crippen LogP contribution < -0.4 is 20.9 Å². The predicted molar refractivity (Wildman–Crippen MR) is 128 cm³/mol. The molecule has 2 aliphatic rings. The largest absolute Gasteiger partial charge is 0.325 e. The molecular formula is C26H33N2S+. The van der Waals surface area contributed by atoms with Crippen molar-refractivity contribution in [1.29, 1.82) is 0 Å².